The molecular weight excluding hydrogens is 395 g/mol. The summed E-state index contributed by atoms with van der Waals surface area (Å²) >= 11 is 18.2. The molecule has 0 radical (unpaired) electrons. The Balaban J connectivity index is 1.67. The molecule has 2 amide bonds. The lowest BCUT2D eigenvalue weighted by atomic mass is 10.1. The largest absolute Gasteiger partial charge is 0.350 e. The zero-order valence-corrected chi connectivity index (χ0v) is 16.1. The predicted molar refractivity (Wildman–Crippen MR) is 103 cm³/mol. The summed E-state index contributed by atoms with van der Waals surface area (Å²) in [6.07, 6.45) is 0.841. The maximum Gasteiger partial charge on any atom is 0.243 e. The lowest BCUT2D eigenvalue weighted by molar-refractivity contribution is -0.135. The van der Waals surface area contributed by atoms with E-state index < -0.39 is 6.04 Å². The SMILES string of the molecule is O=C(NCc1ccc(Cl)cc1Cl)[C@@H]1CCC(=O)N1Cc1ccccc1Cl. The van der Waals surface area contributed by atoms with Crippen LogP contribution < -0.4 is 5.32 Å². The van der Waals surface area contributed by atoms with Crippen LogP contribution in [0.3, 0.4) is 0 Å². The van der Waals surface area contributed by atoms with Crippen LogP contribution in [0.2, 0.25) is 15.1 Å². The molecule has 1 atom stereocenters. The Morgan fingerprint density at radius 1 is 1.08 bits per heavy atom. The van der Waals surface area contributed by atoms with Gasteiger partial charge >= 0.3 is 0 Å². The van der Waals surface area contributed by atoms with E-state index >= 15 is 0 Å². The lowest BCUT2D eigenvalue weighted by Gasteiger charge is -2.24. The summed E-state index contributed by atoms with van der Waals surface area (Å²) in [6.45, 7) is 0.595. The number of hydrogen-bond acceptors (Lipinski definition) is 2. The number of halogens is 3. The third kappa shape index (κ3) is 4.32. The monoisotopic (exact) mass is 410 g/mol. The van der Waals surface area contributed by atoms with Crippen molar-refractivity contribution in [2.24, 2.45) is 0 Å². The van der Waals surface area contributed by atoms with Gasteiger partial charge in [0.1, 0.15) is 6.04 Å². The molecule has 3 rings (SSSR count). The van der Waals surface area contributed by atoms with Crippen molar-refractivity contribution >= 4 is 46.6 Å². The number of hydrogen-bond donors (Lipinski definition) is 1. The van der Waals surface area contributed by atoms with E-state index in [-0.39, 0.29) is 18.4 Å². The molecule has 1 saturated heterocycles. The standard InChI is InChI=1S/C19H17Cl3N2O2/c20-14-6-5-12(16(22)9-14)10-23-19(26)17-7-8-18(25)24(17)11-13-3-1-2-4-15(13)21/h1-6,9,17H,7-8,10-11H2,(H,23,26)/t17-/m0/s1. The molecule has 1 aliphatic heterocycles. The summed E-state index contributed by atoms with van der Waals surface area (Å²) in [4.78, 5) is 26.4. The van der Waals surface area contributed by atoms with Crippen LogP contribution in [0.4, 0.5) is 0 Å². The predicted octanol–water partition coefficient (Wildman–Crippen LogP) is 4.45. The molecule has 7 heteroatoms. The molecule has 1 aliphatic rings. The van der Waals surface area contributed by atoms with Crippen molar-refractivity contribution in [3.63, 3.8) is 0 Å². The zero-order valence-electron chi connectivity index (χ0n) is 13.8. The Bertz CT molecular complexity index is 841. The van der Waals surface area contributed by atoms with Crippen molar-refractivity contribution in [1.29, 1.82) is 0 Å². The minimum Gasteiger partial charge on any atom is -0.350 e. The Morgan fingerprint density at radius 3 is 2.58 bits per heavy atom. The molecule has 0 saturated carbocycles. The highest BCUT2D eigenvalue weighted by molar-refractivity contribution is 6.35. The highest BCUT2D eigenvalue weighted by Gasteiger charge is 2.36. The van der Waals surface area contributed by atoms with Crippen LogP contribution in [0.25, 0.3) is 0 Å². The maximum absolute atomic E-state index is 12.6. The van der Waals surface area contributed by atoms with Gasteiger partial charge in [-0.3, -0.25) is 9.59 Å². The number of nitrogens with one attached hydrogen (secondary N) is 1. The van der Waals surface area contributed by atoms with Crippen LogP contribution >= 0.6 is 34.8 Å². The number of nitrogens with zero attached hydrogens (tertiary/aromatic N) is 1. The Labute approximate surface area is 167 Å². The number of amides is 2. The van der Waals surface area contributed by atoms with Crippen molar-refractivity contribution in [3.8, 4) is 0 Å². The summed E-state index contributed by atoms with van der Waals surface area (Å²) < 4.78 is 0. The summed E-state index contributed by atoms with van der Waals surface area (Å²) in [7, 11) is 0. The Hall–Kier alpha value is -1.75. The van der Waals surface area contributed by atoms with E-state index in [2.05, 4.69) is 5.32 Å². The molecule has 4 nitrogen and oxygen atoms in total. The average Bonchev–Trinajstić information content (AvgIpc) is 2.97. The van der Waals surface area contributed by atoms with Gasteiger partial charge in [-0.25, -0.2) is 0 Å². The number of carbonyl (C=O) groups is 2. The van der Waals surface area contributed by atoms with E-state index in [1.807, 2.05) is 18.2 Å². The minimum atomic E-state index is -0.509. The van der Waals surface area contributed by atoms with Crippen LogP contribution in [0.5, 0.6) is 0 Å². The van der Waals surface area contributed by atoms with Crippen molar-refractivity contribution < 1.29 is 9.59 Å². The Morgan fingerprint density at radius 2 is 1.85 bits per heavy atom. The van der Waals surface area contributed by atoms with Crippen molar-refractivity contribution in [1.82, 2.24) is 10.2 Å². The van der Waals surface area contributed by atoms with E-state index in [0.29, 0.717) is 34.5 Å². The second kappa shape index (κ2) is 8.30. The summed E-state index contributed by atoms with van der Waals surface area (Å²) in [5.74, 6) is -0.247. The van der Waals surface area contributed by atoms with E-state index in [9.17, 15) is 9.59 Å². The number of likely N-dealkylation sites (tertiary alicyclic amines) is 1. The number of carbonyl (C=O) groups excluding carboxylic acids is 2. The highest BCUT2D eigenvalue weighted by atomic mass is 35.5. The molecule has 0 spiro atoms. The molecule has 2 aromatic rings. The van der Waals surface area contributed by atoms with Gasteiger partial charge in [0.15, 0.2) is 0 Å². The molecule has 1 heterocycles. The minimum absolute atomic E-state index is 0.0467. The first kappa shape index (κ1) is 19.0. The first-order valence-electron chi connectivity index (χ1n) is 8.20. The average molecular weight is 412 g/mol. The summed E-state index contributed by atoms with van der Waals surface area (Å²) in [5.41, 5.74) is 1.59. The van der Waals surface area contributed by atoms with Crippen molar-refractivity contribution in [2.75, 3.05) is 0 Å². The third-order valence-electron chi connectivity index (χ3n) is 4.40. The van der Waals surface area contributed by atoms with Crippen molar-refractivity contribution in [3.05, 3.63) is 68.7 Å². The molecule has 2 aromatic carbocycles. The van der Waals surface area contributed by atoms with Gasteiger partial charge in [-0.2, -0.15) is 0 Å². The van der Waals surface area contributed by atoms with E-state index in [4.69, 9.17) is 34.8 Å². The number of rotatable bonds is 5. The normalized spacial score (nSPS) is 16.8. The summed E-state index contributed by atoms with van der Waals surface area (Å²) in [5, 5.41) is 4.47. The van der Waals surface area contributed by atoms with E-state index in [0.717, 1.165) is 11.1 Å². The van der Waals surface area contributed by atoms with Gasteiger partial charge in [-0.05, 0) is 35.7 Å². The van der Waals surface area contributed by atoms with Crippen LogP contribution in [0.1, 0.15) is 24.0 Å². The van der Waals surface area contributed by atoms with Gasteiger partial charge in [0.25, 0.3) is 0 Å². The molecule has 0 aromatic heterocycles. The quantitative estimate of drug-likeness (QED) is 0.790. The molecule has 0 aliphatic carbocycles. The summed E-state index contributed by atoms with van der Waals surface area (Å²) in [6, 6.07) is 11.9. The number of benzene rings is 2. The van der Waals surface area contributed by atoms with E-state index in [1.165, 1.54) is 0 Å². The molecule has 136 valence electrons. The molecule has 0 unspecified atom stereocenters. The van der Waals surface area contributed by atoms with Crippen LogP contribution in [-0.2, 0) is 22.7 Å². The first-order valence-corrected chi connectivity index (χ1v) is 9.33. The van der Waals surface area contributed by atoms with Crippen LogP contribution in [0, 0.1) is 0 Å². The lowest BCUT2D eigenvalue weighted by Crippen LogP contribution is -2.44. The van der Waals surface area contributed by atoms with Crippen LogP contribution in [-0.4, -0.2) is 22.8 Å². The molecule has 1 fully saturated rings. The van der Waals surface area contributed by atoms with E-state index in [1.54, 1.807) is 29.2 Å². The Kier molecular flexibility index (Phi) is 6.07. The topological polar surface area (TPSA) is 49.4 Å². The second-order valence-corrected chi connectivity index (χ2v) is 7.37. The van der Waals surface area contributed by atoms with Gasteiger partial charge in [0.2, 0.25) is 11.8 Å². The highest BCUT2D eigenvalue weighted by Crippen LogP contribution is 2.25. The van der Waals surface area contributed by atoms with Gasteiger partial charge in [-0.15, -0.1) is 0 Å². The zero-order chi connectivity index (χ0) is 18.7. The molecule has 0 bridgehead atoms. The van der Waals surface area contributed by atoms with Gasteiger partial charge in [0.05, 0.1) is 0 Å². The molecule has 1 N–H and O–H groups in total. The molecular formula is C19H17Cl3N2O2. The first-order chi connectivity index (χ1) is 12.5. The fourth-order valence-corrected chi connectivity index (χ4v) is 3.65. The molecule has 26 heavy (non-hydrogen) atoms. The maximum atomic E-state index is 12.6. The smallest absolute Gasteiger partial charge is 0.243 e. The second-order valence-electron chi connectivity index (χ2n) is 6.12. The van der Waals surface area contributed by atoms with Crippen LogP contribution in [0.15, 0.2) is 42.5 Å². The van der Waals surface area contributed by atoms with Gasteiger partial charge in [-0.1, -0.05) is 59.1 Å². The fourth-order valence-electron chi connectivity index (χ4n) is 2.98. The third-order valence-corrected chi connectivity index (χ3v) is 5.35. The van der Waals surface area contributed by atoms with Crippen molar-refractivity contribution in [2.45, 2.75) is 32.0 Å². The van der Waals surface area contributed by atoms with Gasteiger partial charge < -0.3 is 10.2 Å². The fraction of sp³-hybridized carbons (Fsp3) is 0.263. The van der Waals surface area contributed by atoms with Gasteiger partial charge in [0, 0.05) is 34.6 Å².